The molecule has 1 aliphatic carbocycles. The first kappa shape index (κ1) is 18.7. The van der Waals surface area contributed by atoms with E-state index in [1.54, 1.807) is 0 Å². The Balaban J connectivity index is 1.54. The smallest absolute Gasteiger partial charge is 0.255 e. The number of carbonyl (C=O) groups is 1. The second kappa shape index (κ2) is 8.56. The molecule has 3 N–H and O–H groups in total. The van der Waals surface area contributed by atoms with Gasteiger partial charge in [0, 0.05) is 17.1 Å². The predicted molar refractivity (Wildman–Crippen MR) is 105 cm³/mol. The fraction of sp³-hybridized carbons (Fsp3) is 0.381. The molecule has 1 saturated carbocycles. The zero-order valence-corrected chi connectivity index (χ0v) is 15.7. The molecule has 0 aromatic heterocycles. The third kappa shape index (κ3) is 4.99. The molecule has 0 heterocycles. The van der Waals surface area contributed by atoms with Crippen LogP contribution in [0, 0.1) is 0 Å². The van der Waals surface area contributed by atoms with Gasteiger partial charge in [0.25, 0.3) is 5.91 Å². The number of hydrogen-bond donors (Lipinski definition) is 2. The molecular formula is C21H25ClN2O2. The predicted octanol–water partition coefficient (Wildman–Crippen LogP) is 4.19. The number of amides is 1. The molecule has 26 heavy (non-hydrogen) atoms. The fourth-order valence-electron chi connectivity index (χ4n) is 3.65. The SMILES string of the molecule is CC(NC1CCC(c2ccc(OCC(N)=O)cc2)C1)c1cccc(Cl)c1. The molecule has 0 radical (unpaired) electrons. The maximum atomic E-state index is 10.8. The summed E-state index contributed by atoms with van der Waals surface area (Å²) in [5, 5.41) is 4.51. The zero-order valence-electron chi connectivity index (χ0n) is 15.0. The van der Waals surface area contributed by atoms with Crippen molar-refractivity contribution in [3.63, 3.8) is 0 Å². The average molecular weight is 373 g/mol. The highest BCUT2D eigenvalue weighted by Crippen LogP contribution is 2.36. The molecular weight excluding hydrogens is 348 g/mol. The molecule has 0 bridgehead atoms. The fourth-order valence-corrected chi connectivity index (χ4v) is 3.85. The van der Waals surface area contributed by atoms with Crippen LogP contribution in [0.2, 0.25) is 5.02 Å². The van der Waals surface area contributed by atoms with Crippen LogP contribution in [0.5, 0.6) is 5.75 Å². The number of benzene rings is 2. The van der Waals surface area contributed by atoms with E-state index in [-0.39, 0.29) is 12.6 Å². The van der Waals surface area contributed by atoms with E-state index in [1.807, 2.05) is 30.3 Å². The number of carbonyl (C=O) groups excluding carboxylic acids is 1. The first-order valence-corrected chi connectivity index (χ1v) is 9.41. The number of hydrogen-bond acceptors (Lipinski definition) is 3. The summed E-state index contributed by atoms with van der Waals surface area (Å²) in [6.45, 7) is 2.10. The molecule has 3 unspecified atom stereocenters. The summed E-state index contributed by atoms with van der Waals surface area (Å²) in [7, 11) is 0. The lowest BCUT2D eigenvalue weighted by molar-refractivity contribution is -0.119. The van der Waals surface area contributed by atoms with E-state index >= 15 is 0 Å². The zero-order chi connectivity index (χ0) is 18.5. The van der Waals surface area contributed by atoms with Crippen LogP contribution in [0.3, 0.4) is 0 Å². The van der Waals surface area contributed by atoms with Crippen LogP contribution < -0.4 is 15.8 Å². The average Bonchev–Trinajstić information content (AvgIpc) is 3.09. The van der Waals surface area contributed by atoms with Crippen molar-refractivity contribution in [1.82, 2.24) is 5.32 Å². The van der Waals surface area contributed by atoms with Gasteiger partial charge in [-0.25, -0.2) is 0 Å². The molecule has 3 rings (SSSR count). The van der Waals surface area contributed by atoms with E-state index in [1.165, 1.54) is 17.5 Å². The molecule has 1 aliphatic rings. The molecule has 5 heteroatoms. The Labute approximate surface area is 159 Å². The Morgan fingerprint density at radius 3 is 2.73 bits per heavy atom. The summed E-state index contributed by atoms with van der Waals surface area (Å²) in [6, 6.07) is 16.8. The Hall–Kier alpha value is -2.04. The minimum absolute atomic E-state index is 0.0871. The number of rotatable bonds is 7. The van der Waals surface area contributed by atoms with Gasteiger partial charge in [-0.15, -0.1) is 0 Å². The van der Waals surface area contributed by atoms with Crippen molar-refractivity contribution >= 4 is 17.5 Å². The van der Waals surface area contributed by atoms with E-state index in [4.69, 9.17) is 22.1 Å². The van der Waals surface area contributed by atoms with Gasteiger partial charge in [-0.05, 0) is 67.5 Å². The molecule has 2 aromatic carbocycles. The number of primary amides is 1. The van der Waals surface area contributed by atoms with Crippen molar-refractivity contribution < 1.29 is 9.53 Å². The van der Waals surface area contributed by atoms with Gasteiger partial charge in [0.05, 0.1) is 0 Å². The minimum Gasteiger partial charge on any atom is -0.484 e. The summed E-state index contributed by atoms with van der Waals surface area (Å²) in [6.07, 6.45) is 3.45. The van der Waals surface area contributed by atoms with E-state index in [9.17, 15) is 4.79 Å². The summed E-state index contributed by atoms with van der Waals surface area (Å²) >= 11 is 6.10. The topological polar surface area (TPSA) is 64.3 Å². The normalized spacial score (nSPS) is 20.7. The molecule has 1 fully saturated rings. The van der Waals surface area contributed by atoms with Gasteiger partial charge in [-0.1, -0.05) is 35.9 Å². The quantitative estimate of drug-likeness (QED) is 0.765. The summed E-state index contributed by atoms with van der Waals surface area (Å²) in [5.41, 5.74) is 7.63. The highest BCUT2D eigenvalue weighted by molar-refractivity contribution is 6.30. The van der Waals surface area contributed by atoms with Gasteiger partial charge in [-0.3, -0.25) is 4.79 Å². The summed E-state index contributed by atoms with van der Waals surface area (Å²) in [5.74, 6) is 0.756. The molecule has 0 saturated heterocycles. The largest absolute Gasteiger partial charge is 0.484 e. The van der Waals surface area contributed by atoms with Crippen molar-refractivity contribution in [3.8, 4) is 5.75 Å². The molecule has 2 aromatic rings. The minimum atomic E-state index is -0.465. The molecule has 138 valence electrons. The molecule has 0 aliphatic heterocycles. The maximum absolute atomic E-state index is 10.8. The lowest BCUT2D eigenvalue weighted by Crippen LogP contribution is -2.29. The second-order valence-corrected chi connectivity index (χ2v) is 7.41. The van der Waals surface area contributed by atoms with E-state index in [0.717, 1.165) is 17.9 Å². The van der Waals surface area contributed by atoms with Gasteiger partial charge < -0.3 is 15.8 Å². The Morgan fingerprint density at radius 2 is 2.04 bits per heavy atom. The van der Waals surface area contributed by atoms with Gasteiger partial charge in [-0.2, -0.15) is 0 Å². The van der Waals surface area contributed by atoms with Crippen molar-refractivity contribution in [2.75, 3.05) is 6.61 Å². The third-order valence-corrected chi connectivity index (χ3v) is 5.23. The highest BCUT2D eigenvalue weighted by atomic mass is 35.5. The second-order valence-electron chi connectivity index (χ2n) is 6.97. The first-order valence-electron chi connectivity index (χ1n) is 9.04. The molecule has 3 atom stereocenters. The van der Waals surface area contributed by atoms with E-state index < -0.39 is 5.91 Å². The van der Waals surface area contributed by atoms with Crippen molar-refractivity contribution in [1.29, 1.82) is 0 Å². The van der Waals surface area contributed by atoms with Gasteiger partial charge >= 0.3 is 0 Å². The van der Waals surface area contributed by atoms with E-state index in [2.05, 4.69) is 30.4 Å². The van der Waals surface area contributed by atoms with Crippen molar-refractivity contribution in [3.05, 3.63) is 64.7 Å². The molecule has 4 nitrogen and oxygen atoms in total. The van der Waals surface area contributed by atoms with Gasteiger partial charge in [0.15, 0.2) is 6.61 Å². The van der Waals surface area contributed by atoms with Crippen molar-refractivity contribution in [2.45, 2.75) is 44.2 Å². The number of halogens is 1. The Morgan fingerprint density at radius 1 is 1.27 bits per heavy atom. The Bertz CT molecular complexity index is 748. The number of nitrogens with one attached hydrogen (secondary N) is 1. The van der Waals surface area contributed by atoms with E-state index in [0.29, 0.717) is 17.7 Å². The maximum Gasteiger partial charge on any atom is 0.255 e. The van der Waals surface area contributed by atoms with Crippen molar-refractivity contribution in [2.24, 2.45) is 5.73 Å². The van der Waals surface area contributed by atoms with Crippen LogP contribution >= 0.6 is 11.6 Å². The van der Waals surface area contributed by atoms with Crippen LogP contribution in [0.4, 0.5) is 0 Å². The van der Waals surface area contributed by atoms with Crippen LogP contribution in [0.1, 0.15) is 49.3 Å². The van der Waals surface area contributed by atoms with Crippen LogP contribution in [-0.2, 0) is 4.79 Å². The lowest BCUT2D eigenvalue weighted by atomic mass is 9.97. The monoisotopic (exact) mass is 372 g/mol. The number of ether oxygens (including phenoxy) is 1. The number of nitrogens with two attached hydrogens (primary N) is 1. The molecule has 0 spiro atoms. The first-order chi connectivity index (χ1) is 12.5. The Kier molecular flexibility index (Phi) is 6.17. The van der Waals surface area contributed by atoms with Crippen LogP contribution in [0.25, 0.3) is 0 Å². The highest BCUT2D eigenvalue weighted by Gasteiger charge is 2.27. The van der Waals surface area contributed by atoms with Crippen LogP contribution in [0.15, 0.2) is 48.5 Å². The standard InChI is InChI=1S/C21H25ClN2O2/c1-14(16-3-2-4-18(22)11-16)24-19-8-5-17(12-19)15-6-9-20(10-7-15)26-13-21(23)25/h2-4,6-7,9-11,14,17,19,24H,5,8,12-13H2,1H3,(H2,23,25). The molecule has 1 amide bonds. The van der Waals surface area contributed by atoms with Gasteiger partial charge in [0.1, 0.15) is 5.75 Å². The summed E-state index contributed by atoms with van der Waals surface area (Å²) in [4.78, 5) is 10.8. The third-order valence-electron chi connectivity index (χ3n) is 5.00. The van der Waals surface area contributed by atoms with Gasteiger partial charge in [0.2, 0.25) is 0 Å². The lowest BCUT2D eigenvalue weighted by Gasteiger charge is -2.20. The van der Waals surface area contributed by atoms with Crippen LogP contribution in [-0.4, -0.2) is 18.6 Å². The summed E-state index contributed by atoms with van der Waals surface area (Å²) < 4.78 is 5.32.